The van der Waals surface area contributed by atoms with Crippen LogP contribution in [-0.2, 0) is 20.1 Å². The van der Waals surface area contributed by atoms with Crippen molar-refractivity contribution in [2.45, 2.75) is 0 Å². The Hall–Kier alpha value is -1.90. The number of imidazole rings is 1. The summed E-state index contributed by atoms with van der Waals surface area (Å²) in [5.41, 5.74) is 0.901. The number of aromatic nitrogens is 2. The van der Waals surface area contributed by atoms with Crippen molar-refractivity contribution in [1.82, 2.24) is 9.71 Å². The van der Waals surface area contributed by atoms with Crippen molar-refractivity contribution < 1.29 is 24.9 Å². The SMILES string of the molecule is [Ir].[c-]1ccccc1-c1nccn1Oc1ccccc1. The summed E-state index contributed by atoms with van der Waals surface area (Å²) in [6.45, 7) is 0. The van der Waals surface area contributed by atoms with E-state index >= 15 is 0 Å². The zero-order valence-electron chi connectivity index (χ0n) is 9.99. The molecule has 0 amide bonds. The van der Waals surface area contributed by atoms with Crippen LogP contribution in [-0.4, -0.2) is 9.71 Å². The standard InChI is InChI=1S/C15H11N2O.Ir/c1-3-7-13(8-4-1)15-16-11-12-17(15)18-14-9-5-2-6-10-14;/h1-7,9-12H;/q-1;. The van der Waals surface area contributed by atoms with Crippen LogP contribution in [0, 0.1) is 6.07 Å². The summed E-state index contributed by atoms with van der Waals surface area (Å²) in [5, 5.41) is 0. The van der Waals surface area contributed by atoms with Gasteiger partial charge in [0, 0.05) is 26.3 Å². The van der Waals surface area contributed by atoms with E-state index in [9.17, 15) is 0 Å². The van der Waals surface area contributed by atoms with Crippen molar-refractivity contribution in [3.8, 4) is 17.1 Å². The van der Waals surface area contributed by atoms with E-state index in [1.807, 2.05) is 54.6 Å². The normalized spacial score (nSPS) is 9.68. The van der Waals surface area contributed by atoms with E-state index in [0.29, 0.717) is 0 Å². The maximum Gasteiger partial charge on any atom is 0.154 e. The summed E-state index contributed by atoms with van der Waals surface area (Å²) in [5.74, 6) is 1.51. The Bertz CT molecular complexity index is 623. The molecule has 0 saturated heterocycles. The molecule has 1 heterocycles. The molecule has 1 radical (unpaired) electrons. The predicted molar refractivity (Wildman–Crippen MR) is 69.0 cm³/mol. The molecule has 0 aliphatic rings. The van der Waals surface area contributed by atoms with Crippen molar-refractivity contribution in [2.24, 2.45) is 0 Å². The van der Waals surface area contributed by atoms with Crippen LogP contribution in [0.25, 0.3) is 11.4 Å². The molecule has 19 heavy (non-hydrogen) atoms. The Morgan fingerprint density at radius 1 is 1.00 bits per heavy atom. The van der Waals surface area contributed by atoms with Gasteiger partial charge in [-0.1, -0.05) is 18.2 Å². The third-order valence-corrected chi connectivity index (χ3v) is 2.50. The fraction of sp³-hybridized carbons (Fsp3) is 0. The average Bonchev–Trinajstić information content (AvgIpc) is 2.89. The first-order chi connectivity index (χ1) is 8.93. The second-order valence-corrected chi connectivity index (χ2v) is 3.76. The fourth-order valence-corrected chi connectivity index (χ4v) is 1.68. The number of para-hydroxylation sites is 1. The molecule has 0 atom stereocenters. The third kappa shape index (κ3) is 3.11. The molecule has 0 bridgehead atoms. The minimum atomic E-state index is 0. The van der Waals surface area contributed by atoms with Crippen molar-refractivity contribution in [3.05, 3.63) is 73.1 Å². The molecular weight excluding hydrogens is 416 g/mol. The van der Waals surface area contributed by atoms with E-state index in [0.717, 1.165) is 17.1 Å². The first kappa shape index (κ1) is 13.5. The summed E-state index contributed by atoms with van der Waals surface area (Å²) in [6.07, 6.45) is 3.49. The molecule has 97 valence electrons. The number of hydrogen-bond donors (Lipinski definition) is 0. The molecule has 0 fully saturated rings. The maximum atomic E-state index is 5.74. The van der Waals surface area contributed by atoms with Gasteiger partial charge in [-0.05, 0) is 12.1 Å². The van der Waals surface area contributed by atoms with Crippen molar-refractivity contribution >= 4 is 0 Å². The minimum absolute atomic E-state index is 0. The van der Waals surface area contributed by atoms with Gasteiger partial charge in [-0.15, -0.1) is 35.9 Å². The maximum absolute atomic E-state index is 5.74. The van der Waals surface area contributed by atoms with E-state index in [1.54, 1.807) is 17.1 Å². The van der Waals surface area contributed by atoms with Crippen LogP contribution < -0.4 is 4.84 Å². The van der Waals surface area contributed by atoms with Crippen molar-refractivity contribution in [2.75, 3.05) is 0 Å². The first-order valence-electron chi connectivity index (χ1n) is 5.67. The van der Waals surface area contributed by atoms with Gasteiger partial charge in [-0.2, -0.15) is 0 Å². The van der Waals surface area contributed by atoms with Crippen molar-refractivity contribution in [1.29, 1.82) is 0 Å². The molecular formula is C15H11IrN2O-. The van der Waals surface area contributed by atoms with Crippen LogP contribution in [0.1, 0.15) is 0 Å². The summed E-state index contributed by atoms with van der Waals surface area (Å²) in [4.78, 5) is 10.0. The quantitative estimate of drug-likeness (QED) is 0.601. The second kappa shape index (κ2) is 6.32. The number of rotatable bonds is 3. The number of benzene rings is 2. The third-order valence-electron chi connectivity index (χ3n) is 2.50. The Labute approximate surface area is 125 Å². The molecule has 3 rings (SSSR count). The van der Waals surface area contributed by atoms with Gasteiger partial charge >= 0.3 is 0 Å². The summed E-state index contributed by atoms with van der Waals surface area (Å²) in [7, 11) is 0. The van der Waals surface area contributed by atoms with Gasteiger partial charge in [0.15, 0.2) is 5.75 Å². The Morgan fingerprint density at radius 3 is 2.53 bits per heavy atom. The van der Waals surface area contributed by atoms with Gasteiger partial charge in [-0.3, -0.25) is 4.98 Å². The van der Waals surface area contributed by atoms with E-state index in [1.165, 1.54) is 0 Å². The molecule has 0 N–H and O–H groups in total. The molecule has 1 aromatic heterocycles. The predicted octanol–water partition coefficient (Wildman–Crippen LogP) is 3.19. The molecule has 4 heteroatoms. The zero-order chi connectivity index (χ0) is 12.2. The Kier molecular flexibility index (Phi) is 4.50. The average molecular weight is 427 g/mol. The smallest absolute Gasteiger partial charge is 0.154 e. The molecule has 2 aromatic carbocycles. The zero-order valence-corrected chi connectivity index (χ0v) is 12.4. The van der Waals surface area contributed by atoms with Crippen molar-refractivity contribution in [3.63, 3.8) is 0 Å². The van der Waals surface area contributed by atoms with Crippen LogP contribution in [0.5, 0.6) is 5.75 Å². The van der Waals surface area contributed by atoms with Gasteiger partial charge in [0.05, 0.1) is 12.0 Å². The molecule has 3 aromatic rings. The van der Waals surface area contributed by atoms with Crippen LogP contribution in [0.2, 0.25) is 0 Å². The van der Waals surface area contributed by atoms with E-state index in [2.05, 4.69) is 11.1 Å². The molecule has 0 saturated carbocycles. The molecule has 0 spiro atoms. The van der Waals surface area contributed by atoms with Gasteiger partial charge in [-0.25, -0.2) is 4.73 Å². The van der Waals surface area contributed by atoms with Gasteiger partial charge in [0.1, 0.15) is 0 Å². The van der Waals surface area contributed by atoms with Gasteiger partial charge in [0.25, 0.3) is 0 Å². The van der Waals surface area contributed by atoms with Crippen LogP contribution in [0.3, 0.4) is 0 Å². The first-order valence-corrected chi connectivity index (χ1v) is 5.67. The number of hydrogen-bond acceptors (Lipinski definition) is 2. The largest absolute Gasteiger partial charge is 0.383 e. The second-order valence-electron chi connectivity index (χ2n) is 3.76. The van der Waals surface area contributed by atoms with E-state index in [-0.39, 0.29) is 20.1 Å². The fourth-order valence-electron chi connectivity index (χ4n) is 1.68. The molecule has 0 aliphatic heterocycles. The molecule has 3 nitrogen and oxygen atoms in total. The Balaban J connectivity index is 0.00000133. The molecule has 0 unspecified atom stereocenters. The van der Waals surface area contributed by atoms with Gasteiger partial charge in [0.2, 0.25) is 0 Å². The van der Waals surface area contributed by atoms with E-state index < -0.39 is 0 Å². The van der Waals surface area contributed by atoms with E-state index in [4.69, 9.17) is 4.84 Å². The topological polar surface area (TPSA) is 27.1 Å². The summed E-state index contributed by atoms with van der Waals surface area (Å²) >= 11 is 0. The number of nitrogens with zero attached hydrogens (tertiary/aromatic N) is 2. The summed E-state index contributed by atoms with van der Waals surface area (Å²) < 4.78 is 1.64. The monoisotopic (exact) mass is 428 g/mol. The Morgan fingerprint density at radius 2 is 1.79 bits per heavy atom. The van der Waals surface area contributed by atoms with Crippen LogP contribution in [0.15, 0.2) is 67.0 Å². The van der Waals surface area contributed by atoms with Gasteiger partial charge < -0.3 is 4.84 Å². The van der Waals surface area contributed by atoms with Crippen LogP contribution in [0.4, 0.5) is 0 Å². The molecule has 0 aliphatic carbocycles. The summed E-state index contributed by atoms with van der Waals surface area (Å²) in [6, 6.07) is 20.4. The van der Waals surface area contributed by atoms with Crippen LogP contribution >= 0.6 is 0 Å². The minimum Gasteiger partial charge on any atom is -0.383 e.